The van der Waals surface area contributed by atoms with Crippen molar-refractivity contribution >= 4 is 9.84 Å². The average Bonchev–Trinajstić information content (AvgIpc) is 2.40. The van der Waals surface area contributed by atoms with Crippen LogP contribution in [0.15, 0.2) is 53.4 Å². The van der Waals surface area contributed by atoms with Crippen LogP contribution in [-0.4, -0.2) is 14.2 Å². The van der Waals surface area contributed by atoms with Gasteiger partial charge in [0.2, 0.25) is 0 Å². The second kappa shape index (κ2) is 4.90. The lowest BCUT2D eigenvalue weighted by Gasteiger charge is -2.09. The van der Waals surface area contributed by atoms with Crippen LogP contribution in [0, 0.1) is 5.82 Å². The largest absolute Gasteiger partial charge is 0.224 e. The highest BCUT2D eigenvalue weighted by atomic mass is 32.2. The van der Waals surface area contributed by atoms with Crippen molar-refractivity contribution in [3.8, 4) is 11.1 Å². The Kier molecular flexibility index (Phi) is 3.48. The van der Waals surface area contributed by atoms with Crippen LogP contribution in [0.5, 0.6) is 0 Å². The van der Waals surface area contributed by atoms with Gasteiger partial charge < -0.3 is 0 Å². The first-order valence-corrected chi connectivity index (χ1v) is 7.27. The molecule has 0 bridgehead atoms. The predicted molar refractivity (Wildman–Crippen MR) is 69.6 cm³/mol. The molecule has 0 N–H and O–H groups in total. The van der Waals surface area contributed by atoms with E-state index in [1.165, 1.54) is 12.1 Å². The van der Waals surface area contributed by atoms with Crippen molar-refractivity contribution in [1.82, 2.24) is 0 Å². The van der Waals surface area contributed by atoms with Gasteiger partial charge in [0.05, 0.1) is 10.6 Å². The molecular weight excluding hydrogens is 251 g/mol. The normalized spacial score (nSPS) is 11.4. The first-order valence-electron chi connectivity index (χ1n) is 5.62. The fourth-order valence-electron chi connectivity index (χ4n) is 1.76. The molecule has 18 heavy (non-hydrogen) atoms. The predicted octanol–water partition coefficient (Wildman–Crippen LogP) is 3.29. The van der Waals surface area contributed by atoms with Crippen LogP contribution < -0.4 is 0 Å². The Morgan fingerprint density at radius 2 is 1.61 bits per heavy atom. The lowest BCUT2D eigenvalue weighted by atomic mass is 10.1. The van der Waals surface area contributed by atoms with Crippen LogP contribution in [0.2, 0.25) is 0 Å². The minimum Gasteiger partial charge on any atom is -0.224 e. The van der Waals surface area contributed by atoms with Crippen molar-refractivity contribution in [1.29, 1.82) is 0 Å². The third-order valence-electron chi connectivity index (χ3n) is 2.76. The van der Waals surface area contributed by atoms with Gasteiger partial charge in [-0.25, -0.2) is 12.8 Å². The van der Waals surface area contributed by atoms with Gasteiger partial charge in [-0.1, -0.05) is 37.3 Å². The lowest BCUT2D eigenvalue weighted by Crippen LogP contribution is -2.05. The van der Waals surface area contributed by atoms with E-state index in [2.05, 4.69) is 0 Å². The van der Waals surface area contributed by atoms with Gasteiger partial charge in [0.25, 0.3) is 0 Å². The molecule has 0 aliphatic rings. The first kappa shape index (κ1) is 12.8. The van der Waals surface area contributed by atoms with Gasteiger partial charge in [-0.15, -0.1) is 0 Å². The van der Waals surface area contributed by atoms with Crippen molar-refractivity contribution in [2.75, 3.05) is 5.75 Å². The first-order chi connectivity index (χ1) is 8.54. The number of sulfone groups is 1. The van der Waals surface area contributed by atoms with Gasteiger partial charge in [0.15, 0.2) is 9.84 Å². The van der Waals surface area contributed by atoms with Crippen molar-refractivity contribution < 1.29 is 12.8 Å². The van der Waals surface area contributed by atoms with Gasteiger partial charge in [0, 0.05) is 5.56 Å². The Labute approximate surface area is 106 Å². The van der Waals surface area contributed by atoms with Gasteiger partial charge in [0.1, 0.15) is 5.82 Å². The topological polar surface area (TPSA) is 34.1 Å². The summed E-state index contributed by atoms with van der Waals surface area (Å²) < 4.78 is 36.9. The summed E-state index contributed by atoms with van der Waals surface area (Å²) in [6.45, 7) is 1.61. The number of rotatable bonds is 3. The molecule has 2 aromatic rings. The van der Waals surface area contributed by atoms with E-state index >= 15 is 0 Å². The molecule has 0 fully saturated rings. The highest BCUT2D eigenvalue weighted by Gasteiger charge is 2.16. The molecule has 0 heterocycles. The number of hydrogen-bond donors (Lipinski definition) is 0. The van der Waals surface area contributed by atoms with E-state index in [4.69, 9.17) is 0 Å². The quantitative estimate of drug-likeness (QED) is 0.852. The molecule has 0 radical (unpaired) electrons. The standard InChI is InChI=1S/C14H13FO2S/c1-2-18(16,17)14-6-4-3-5-13(14)11-7-9-12(15)10-8-11/h3-10H,2H2,1H3. The van der Waals surface area contributed by atoms with E-state index < -0.39 is 9.84 Å². The van der Waals surface area contributed by atoms with Crippen LogP contribution in [0.4, 0.5) is 4.39 Å². The molecule has 0 atom stereocenters. The summed E-state index contributed by atoms with van der Waals surface area (Å²) in [5.74, 6) is -0.292. The van der Waals surface area contributed by atoms with Crippen molar-refractivity contribution in [3.05, 3.63) is 54.3 Å². The zero-order valence-electron chi connectivity index (χ0n) is 9.93. The van der Waals surface area contributed by atoms with Crippen molar-refractivity contribution in [2.45, 2.75) is 11.8 Å². The maximum Gasteiger partial charge on any atom is 0.178 e. The SMILES string of the molecule is CCS(=O)(=O)c1ccccc1-c1ccc(F)cc1. The van der Waals surface area contributed by atoms with Crippen LogP contribution in [0.25, 0.3) is 11.1 Å². The third kappa shape index (κ3) is 2.43. The van der Waals surface area contributed by atoms with Crippen molar-refractivity contribution in [2.24, 2.45) is 0 Å². The highest BCUT2D eigenvalue weighted by Crippen LogP contribution is 2.27. The average molecular weight is 264 g/mol. The van der Waals surface area contributed by atoms with Crippen LogP contribution in [0.3, 0.4) is 0 Å². The molecule has 2 nitrogen and oxygen atoms in total. The van der Waals surface area contributed by atoms with E-state index in [1.54, 1.807) is 43.3 Å². The number of halogens is 1. The molecule has 0 saturated carbocycles. The maximum absolute atomic E-state index is 12.9. The van der Waals surface area contributed by atoms with Crippen LogP contribution >= 0.6 is 0 Å². The molecule has 4 heteroatoms. The molecule has 0 amide bonds. The molecule has 2 aromatic carbocycles. The third-order valence-corrected chi connectivity index (χ3v) is 4.54. The summed E-state index contributed by atoms with van der Waals surface area (Å²) in [7, 11) is -3.28. The molecule has 0 aliphatic heterocycles. The molecule has 2 rings (SSSR count). The monoisotopic (exact) mass is 264 g/mol. The Balaban J connectivity index is 2.62. The Morgan fingerprint density at radius 3 is 2.22 bits per heavy atom. The molecule has 94 valence electrons. The zero-order chi connectivity index (χ0) is 13.2. The maximum atomic E-state index is 12.9. The summed E-state index contributed by atoms with van der Waals surface area (Å²) in [4.78, 5) is 0.291. The Hall–Kier alpha value is -1.68. The fourth-order valence-corrected chi connectivity index (χ4v) is 2.88. The molecule has 0 spiro atoms. The van der Waals surface area contributed by atoms with Crippen molar-refractivity contribution in [3.63, 3.8) is 0 Å². The zero-order valence-corrected chi connectivity index (χ0v) is 10.7. The van der Waals surface area contributed by atoms with E-state index in [9.17, 15) is 12.8 Å². The molecule has 0 saturated heterocycles. The molecule has 0 aliphatic carbocycles. The lowest BCUT2D eigenvalue weighted by molar-refractivity contribution is 0.597. The van der Waals surface area contributed by atoms with E-state index in [0.29, 0.717) is 16.0 Å². The molecule has 0 unspecified atom stereocenters. The number of hydrogen-bond acceptors (Lipinski definition) is 2. The number of benzene rings is 2. The molecular formula is C14H13FO2S. The van der Waals surface area contributed by atoms with Gasteiger partial charge >= 0.3 is 0 Å². The Bertz CT molecular complexity index is 646. The Morgan fingerprint density at radius 1 is 1.00 bits per heavy atom. The summed E-state index contributed by atoms with van der Waals surface area (Å²) in [5, 5.41) is 0. The summed E-state index contributed by atoms with van der Waals surface area (Å²) in [6, 6.07) is 12.6. The second-order valence-corrected chi connectivity index (χ2v) is 6.15. The smallest absolute Gasteiger partial charge is 0.178 e. The highest BCUT2D eigenvalue weighted by molar-refractivity contribution is 7.91. The van der Waals surface area contributed by atoms with Gasteiger partial charge in [-0.05, 0) is 23.8 Å². The fraction of sp³-hybridized carbons (Fsp3) is 0.143. The summed E-state index contributed by atoms with van der Waals surface area (Å²) >= 11 is 0. The van der Waals surface area contributed by atoms with Gasteiger partial charge in [-0.3, -0.25) is 0 Å². The van der Waals surface area contributed by atoms with Gasteiger partial charge in [-0.2, -0.15) is 0 Å². The summed E-state index contributed by atoms with van der Waals surface area (Å²) in [6.07, 6.45) is 0. The van der Waals surface area contributed by atoms with Crippen LogP contribution in [0.1, 0.15) is 6.92 Å². The second-order valence-electron chi connectivity index (χ2n) is 3.91. The van der Waals surface area contributed by atoms with Crippen LogP contribution in [-0.2, 0) is 9.84 Å². The molecule has 0 aromatic heterocycles. The minimum atomic E-state index is -3.28. The summed E-state index contributed by atoms with van der Waals surface area (Å²) in [5.41, 5.74) is 1.31. The van der Waals surface area contributed by atoms with E-state index in [-0.39, 0.29) is 11.6 Å². The van der Waals surface area contributed by atoms with E-state index in [1.807, 2.05) is 0 Å². The van der Waals surface area contributed by atoms with E-state index in [0.717, 1.165) is 0 Å². The minimum absolute atomic E-state index is 0.0468.